The number of allylic oxidation sites excluding steroid dienone is 2. The van der Waals surface area contributed by atoms with Gasteiger partial charge in [0.25, 0.3) is 0 Å². The smallest absolute Gasteiger partial charge is 0.165 e. The molecule has 0 spiro atoms. The van der Waals surface area contributed by atoms with Crippen LogP contribution in [0.1, 0.15) is 48.5 Å². The second-order valence-corrected chi connectivity index (χ2v) is 5.65. The summed E-state index contributed by atoms with van der Waals surface area (Å²) in [5.41, 5.74) is 0.839. The lowest BCUT2D eigenvalue weighted by Crippen LogP contribution is -2.37. The van der Waals surface area contributed by atoms with E-state index in [2.05, 4.69) is 53.4 Å². The van der Waals surface area contributed by atoms with Gasteiger partial charge in [-0.2, -0.15) is 0 Å². The van der Waals surface area contributed by atoms with Crippen molar-refractivity contribution in [1.29, 1.82) is 0 Å². The van der Waals surface area contributed by atoms with Crippen molar-refractivity contribution >= 4 is 6.29 Å². The first kappa shape index (κ1) is 14.2. The molecule has 2 nitrogen and oxygen atoms in total. The van der Waals surface area contributed by atoms with E-state index in [1.165, 1.54) is 0 Å². The molecule has 0 radical (unpaired) electrons. The third kappa shape index (κ3) is 5.01. The molecule has 0 saturated carbocycles. The molecule has 0 atom stereocenters. The molecule has 0 aromatic rings. The summed E-state index contributed by atoms with van der Waals surface area (Å²) in [6, 6.07) is 0.701. The molecule has 0 aliphatic carbocycles. The Morgan fingerprint density at radius 3 is 1.67 bits per heavy atom. The van der Waals surface area contributed by atoms with Crippen LogP contribution < -0.4 is 0 Å². The van der Waals surface area contributed by atoms with Crippen molar-refractivity contribution in [2.75, 3.05) is 0 Å². The van der Waals surface area contributed by atoms with Gasteiger partial charge in [-0.15, -0.1) is 0 Å². The zero-order chi connectivity index (χ0) is 12.2. The number of rotatable bonds is 4. The van der Waals surface area contributed by atoms with Gasteiger partial charge in [0.15, 0.2) is 6.29 Å². The molecule has 15 heavy (non-hydrogen) atoms. The van der Waals surface area contributed by atoms with Crippen molar-refractivity contribution in [3.63, 3.8) is 0 Å². The number of hydrogen-bond donors (Lipinski definition) is 0. The van der Waals surface area contributed by atoms with Crippen molar-refractivity contribution < 1.29 is 4.79 Å². The fourth-order valence-corrected chi connectivity index (χ4v) is 1.81. The van der Waals surface area contributed by atoms with Gasteiger partial charge >= 0.3 is 0 Å². The minimum atomic E-state index is 0.0400. The summed E-state index contributed by atoms with van der Waals surface area (Å²) < 4.78 is 0. The monoisotopic (exact) mass is 211 g/mol. The number of carbonyl (C=O) groups is 1. The van der Waals surface area contributed by atoms with Crippen molar-refractivity contribution in [2.24, 2.45) is 5.41 Å². The van der Waals surface area contributed by atoms with Crippen molar-refractivity contribution in [3.8, 4) is 0 Å². The van der Waals surface area contributed by atoms with Crippen LogP contribution in [0, 0.1) is 5.41 Å². The maximum Gasteiger partial charge on any atom is 0.165 e. The van der Waals surface area contributed by atoms with Gasteiger partial charge in [-0.1, -0.05) is 26.8 Å². The van der Waals surface area contributed by atoms with E-state index in [4.69, 9.17) is 0 Å². The molecule has 0 amide bonds. The summed E-state index contributed by atoms with van der Waals surface area (Å²) in [7, 11) is 0. The third-order valence-electron chi connectivity index (χ3n) is 2.11. The lowest BCUT2D eigenvalue weighted by Gasteiger charge is -2.34. The first-order valence-electron chi connectivity index (χ1n) is 5.65. The highest BCUT2D eigenvalue weighted by atomic mass is 16.1. The van der Waals surface area contributed by atoms with Crippen LogP contribution in [0.2, 0.25) is 0 Å². The largest absolute Gasteiger partial charge is 0.364 e. The standard InChI is InChI=1S/C13H25NO/c1-10(2)14(11(3)4)12(9-15)8-13(5,6)7/h8-11H,1-7H3/b12-8+. The molecule has 0 rings (SSSR count). The topological polar surface area (TPSA) is 20.3 Å². The fourth-order valence-electron chi connectivity index (χ4n) is 1.81. The minimum absolute atomic E-state index is 0.0400. The molecule has 0 saturated heterocycles. The Morgan fingerprint density at radius 1 is 1.07 bits per heavy atom. The second-order valence-electron chi connectivity index (χ2n) is 5.65. The average molecular weight is 211 g/mol. The SMILES string of the molecule is CC(C)N(/C(C=O)=C/C(C)(C)C)C(C)C. The van der Waals surface area contributed by atoms with Crippen LogP contribution in [0.5, 0.6) is 0 Å². The lowest BCUT2D eigenvalue weighted by molar-refractivity contribution is -0.106. The van der Waals surface area contributed by atoms with Gasteiger partial charge in [-0.25, -0.2) is 0 Å². The molecule has 88 valence electrons. The average Bonchev–Trinajstić information content (AvgIpc) is 1.98. The van der Waals surface area contributed by atoms with E-state index in [0.717, 1.165) is 12.0 Å². The van der Waals surface area contributed by atoms with E-state index in [1.807, 2.05) is 6.08 Å². The van der Waals surface area contributed by atoms with Gasteiger partial charge in [-0.3, -0.25) is 4.79 Å². The lowest BCUT2D eigenvalue weighted by atomic mass is 9.94. The van der Waals surface area contributed by atoms with Crippen LogP contribution in [0.3, 0.4) is 0 Å². The van der Waals surface area contributed by atoms with E-state index >= 15 is 0 Å². The van der Waals surface area contributed by atoms with Crippen LogP contribution in [-0.2, 0) is 4.79 Å². The van der Waals surface area contributed by atoms with Crippen LogP contribution in [-0.4, -0.2) is 23.3 Å². The van der Waals surface area contributed by atoms with Crippen LogP contribution in [0.25, 0.3) is 0 Å². The fraction of sp³-hybridized carbons (Fsp3) is 0.769. The Morgan fingerprint density at radius 2 is 1.47 bits per heavy atom. The zero-order valence-corrected chi connectivity index (χ0v) is 11.2. The summed E-state index contributed by atoms with van der Waals surface area (Å²) in [4.78, 5) is 13.3. The molecule has 0 unspecified atom stereocenters. The Kier molecular flexibility index (Phi) is 5.06. The molecule has 0 heterocycles. The highest BCUT2D eigenvalue weighted by Gasteiger charge is 2.18. The van der Waals surface area contributed by atoms with Gasteiger partial charge in [0, 0.05) is 12.1 Å². The highest BCUT2D eigenvalue weighted by Crippen LogP contribution is 2.21. The summed E-state index contributed by atoms with van der Waals surface area (Å²) >= 11 is 0. The second kappa shape index (κ2) is 5.34. The zero-order valence-electron chi connectivity index (χ0n) is 11.2. The highest BCUT2D eigenvalue weighted by molar-refractivity contribution is 5.72. The van der Waals surface area contributed by atoms with Crippen LogP contribution >= 0.6 is 0 Å². The number of aldehydes is 1. The molecule has 2 heteroatoms. The number of hydrogen-bond acceptors (Lipinski definition) is 2. The summed E-state index contributed by atoms with van der Waals surface area (Å²) in [6.45, 7) is 14.8. The molecular weight excluding hydrogens is 186 g/mol. The van der Waals surface area contributed by atoms with Gasteiger partial charge in [-0.05, 0) is 33.1 Å². The van der Waals surface area contributed by atoms with Crippen LogP contribution in [0.4, 0.5) is 0 Å². The Balaban J connectivity index is 5.08. The predicted octanol–water partition coefficient (Wildman–Crippen LogP) is 3.23. The maximum atomic E-state index is 11.1. The Bertz CT molecular complexity index is 225. The third-order valence-corrected chi connectivity index (χ3v) is 2.11. The minimum Gasteiger partial charge on any atom is -0.364 e. The Labute approximate surface area is 94.4 Å². The molecule has 0 aromatic heterocycles. The van der Waals surface area contributed by atoms with Crippen molar-refractivity contribution in [2.45, 2.75) is 60.5 Å². The molecule has 0 bridgehead atoms. The molecule has 0 aromatic carbocycles. The van der Waals surface area contributed by atoms with Gasteiger partial charge in [0.1, 0.15) is 0 Å². The summed E-state index contributed by atoms with van der Waals surface area (Å²) in [5.74, 6) is 0. The van der Waals surface area contributed by atoms with Gasteiger partial charge < -0.3 is 4.90 Å². The molecule has 0 fully saturated rings. The number of carbonyl (C=O) groups excluding carboxylic acids is 1. The Hall–Kier alpha value is -0.790. The maximum absolute atomic E-state index is 11.1. The van der Waals surface area contributed by atoms with Crippen molar-refractivity contribution in [3.05, 3.63) is 11.8 Å². The van der Waals surface area contributed by atoms with E-state index in [-0.39, 0.29) is 5.41 Å². The normalized spacial score (nSPS) is 13.5. The molecule has 0 aliphatic heterocycles. The number of nitrogens with zero attached hydrogens (tertiary/aromatic N) is 1. The quantitative estimate of drug-likeness (QED) is 0.525. The molecule has 0 aliphatic rings. The summed E-state index contributed by atoms with van der Waals surface area (Å²) in [6.07, 6.45) is 3.01. The van der Waals surface area contributed by atoms with E-state index in [0.29, 0.717) is 12.1 Å². The first-order chi connectivity index (χ1) is 6.69. The van der Waals surface area contributed by atoms with E-state index in [9.17, 15) is 4.79 Å². The van der Waals surface area contributed by atoms with E-state index in [1.54, 1.807) is 0 Å². The van der Waals surface area contributed by atoms with Gasteiger partial charge in [0.05, 0.1) is 5.70 Å². The summed E-state index contributed by atoms with van der Waals surface area (Å²) in [5, 5.41) is 0. The molecule has 0 N–H and O–H groups in total. The molecular formula is C13H25NO. The van der Waals surface area contributed by atoms with Crippen LogP contribution in [0.15, 0.2) is 11.8 Å². The first-order valence-corrected chi connectivity index (χ1v) is 5.65. The van der Waals surface area contributed by atoms with E-state index < -0.39 is 0 Å². The van der Waals surface area contributed by atoms with Crippen molar-refractivity contribution in [1.82, 2.24) is 4.90 Å². The van der Waals surface area contributed by atoms with Gasteiger partial charge in [0.2, 0.25) is 0 Å². The predicted molar refractivity (Wildman–Crippen MR) is 65.7 cm³/mol.